The van der Waals surface area contributed by atoms with Crippen LogP contribution in [0, 0.1) is 0 Å². The third kappa shape index (κ3) is 3.58. The molecule has 2 atom stereocenters. The zero-order valence-electron chi connectivity index (χ0n) is 13.5. The molecule has 0 heterocycles. The summed E-state index contributed by atoms with van der Waals surface area (Å²) in [6.45, 7) is 11.0. The number of hydrogen-bond donors (Lipinski definition) is 1. The Labute approximate surface area is 118 Å². The van der Waals surface area contributed by atoms with E-state index in [1.165, 1.54) is 11.1 Å². The summed E-state index contributed by atoms with van der Waals surface area (Å²) in [6, 6.07) is 9.09. The van der Waals surface area contributed by atoms with Crippen LogP contribution in [-0.2, 0) is 10.2 Å². The smallest absolute Gasteiger partial charge is 0.0841 e. The number of rotatable bonds is 5. The Morgan fingerprint density at radius 1 is 1.11 bits per heavy atom. The lowest BCUT2D eigenvalue weighted by atomic mass is 9.83. The van der Waals surface area contributed by atoms with Crippen LogP contribution < -0.4 is 5.32 Å². The fourth-order valence-electron chi connectivity index (χ4n) is 2.47. The number of likely N-dealkylation sites (N-methyl/N-ethyl adjacent to an activating group) is 1. The molecule has 1 aromatic carbocycles. The molecule has 1 aromatic rings. The van der Waals surface area contributed by atoms with Crippen LogP contribution in [0.15, 0.2) is 24.3 Å². The topological polar surface area (TPSA) is 21.3 Å². The van der Waals surface area contributed by atoms with Gasteiger partial charge in [-0.3, -0.25) is 0 Å². The zero-order chi connectivity index (χ0) is 14.7. The summed E-state index contributed by atoms with van der Waals surface area (Å²) in [4.78, 5) is 0. The molecule has 1 rings (SSSR count). The van der Waals surface area contributed by atoms with Crippen LogP contribution in [0.5, 0.6) is 0 Å². The van der Waals surface area contributed by atoms with Gasteiger partial charge in [-0.1, -0.05) is 52.0 Å². The van der Waals surface area contributed by atoms with Gasteiger partial charge < -0.3 is 10.1 Å². The largest absolute Gasteiger partial charge is 0.377 e. The Bertz CT molecular complexity index is 385. The highest BCUT2D eigenvalue weighted by atomic mass is 16.5. The summed E-state index contributed by atoms with van der Waals surface area (Å²) in [5.74, 6) is 0. The van der Waals surface area contributed by atoms with Gasteiger partial charge in [0.05, 0.1) is 11.6 Å². The standard InChI is InChI=1S/C17H29NO/c1-8-17(5,19-7)15(18-6)13-9-11-14(12-10-13)16(2,3)4/h9-12,15,18H,8H2,1-7H3. The van der Waals surface area contributed by atoms with E-state index in [0.717, 1.165) is 6.42 Å². The lowest BCUT2D eigenvalue weighted by Gasteiger charge is -2.36. The van der Waals surface area contributed by atoms with Crippen LogP contribution in [0.1, 0.15) is 58.2 Å². The highest BCUT2D eigenvalue weighted by Gasteiger charge is 2.32. The second-order valence-corrected chi connectivity index (χ2v) is 6.46. The van der Waals surface area contributed by atoms with Gasteiger partial charge in [0.25, 0.3) is 0 Å². The van der Waals surface area contributed by atoms with E-state index >= 15 is 0 Å². The van der Waals surface area contributed by atoms with Gasteiger partial charge in [-0.25, -0.2) is 0 Å². The first-order valence-electron chi connectivity index (χ1n) is 7.11. The zero-order valence-corrected chi connectivity index (χ0v) is 13.5. The SMILES string of the molecule is CCC(C)(OC)C(NC)c1ccc(C(C)(C)C)cc1. The van der Waals surface area contributed by atoms with Gasteiger partial charge in [-0.2, -0.15) is 0 Å². The minimum absolute atomic E-state index is 0.183. The fourth-order valence-corrected chi connectivity index (χ4v) is 2.47. The van der Waals surface area contributed by atoms with Crippen LogP contribution in [0.25, 0.3) is 0 Å². The summed E-state index contributed by atoms with van der Waals surface area (Å²) in [5, 5.41) is 3.39. The molecular weight excluding hydrogens is 234 g/mol. The average Bonchev–Trinajstić information content (AvgIpc) is 2.38. The van der Waals surface area contributed by atoms with Crippen molar-refractivity contribution in [3.05, 3.63) is 35.4 Å². The summed E-state index contributed by atoms with van der Waals surface area (Å²) in [5.41, 5.74) is 2.66. The van der Waals surface area contributed by atoms with Crippen molar-refractivity contribution in [3.63, 3.8) is 0 Å². The van der Waals surface area contributed by atoms with E-state index in [9.17, 15) is 0 Å². The van der Waals surface area contributed by atoms with E-state index < -0.39 is 0 Å². The van der Waals surface area contributed by atoms with Crippen LogP contribution in [0.2, 0.25) is 0 Å². The molecule has 0 saturated carbocycles. The lowest BCUT2D eigenvalue weighted by molar-refractivity contribution is -0.0280. The quantitative estimate of drug-likeness (QED) is 0.865. The molecule has 2 heteroatoms. The first-order chi connectivity index (χ1) is 8.78. The third-order valence-electron chi connectivity index (χ3n) is 4.18. The maximum Gasteiger partial charge on any atom is 0.0841 e. The molecule has 0 aromatic heterocycles. The van der Waals surface area contributed by atoms with E-state index in [0.29, 0.717) is 0 Å². The molecule has 2 nitrogen and oxygen atoms in total. The Hall–Kier alpha value is -0.860. The van der Waals surface area contributed by atoms with Crippen LogP contribution >= 0.6 is 0 Å². The maximum atomic E-state index is 5.73. The molecule has 0 radical (unpaired) electrons. The highest BCUT2D eigenvalue weighted by Crippen LogP contribution is 2.32. The average molecular weight is 263 g/mol. The Morgan fingerprint density at radius 3 is 1.95 bits per heavy atom. The summed E-state index contributed by atoms with van der Waals surface area (Å²) < 4.78 is 5.73. The minimum Gasteiger partial charge on any atom is -0.377 e. The van der Waals surface area contributed by atoms with Crippen molar-refractivity contribution in [3.8, 4) is 0 Å². The van der Waals surface area contributed by atoms with Gasteiger partial charge in [0, 0.05) is 7.11 Å². The molecule has 0 spiro atoms. The van der Waals surface area contributed by atoms with E-state index in [1.54, 1.807) is 7.11 Å². The second-order valence-electron chi connectivity index (χ2n) is 6.46. The predicted molar refractivity (Wildman–Crippen MR) is 82.6 cm³/mol. The molecular formula is C17H29NO. The van der Waals surface area contributed by atoms with Gasteiger partial charge in [0.1, 0.15) is 0 Å². The molecule has 1 N–H and O–H groups in total. The molecule has 2 unspecified atom stereocenters. The molecule has 108 valence electrons. The third-order valence-corrected chi connectivity index (χ3v) is 4.18. The summed E-state index contributed by atoms with van der Waals surface area (Å²) in [7, 11) is 3.78. The second kappa shape index (κ2) is 6.06. The van der Waals surface area contributed by atoms with E-state index in [2.05, 4.69) is 64.2 Å². The number of ether oxygens (including phenoxy) is 1. The molecule has 0 fully saturated rings. The Kier molecular flexibility index (Phi) is 5.17. The maximum absolute atomic E-state index is 5.73. The Balaban J connectivity index is 3.07. The first kappa shape index (κ1) is 16.2. The van der Waals surface area contributed by atoms with Crippen molar-refractivity contribution in [1.82, 2.24) is 5.32 Å². The van der Waals surface area contributed by atoms with Crippen LogP contribution in [0.4, 0.5) is 0 Å². The fraction of sp³-hybridized carbons (Fsp3) is 0.647. The molecule has 0 bridgehead atoms. The van der Waals surface area contributed by atoms with Crippen molar-refractivity contribution < 1.29 is 4.74 Å². The van der Waals surface area contributed by atoms with Crippen molar-refractivity contribution in [2.45, 2.75) is 58.1 Å². The van der Waals surface area contributed by atoms with E-state index in [-0.39, 0.29) is 17.1 Å². The Morgan fingerprint density at radius 2 is 1.63 bits per heavy atom. The van der Waals surface area contributed by atoms with E-state index in [1.807, 2.05) is 7.05 Å². The highest BCUT2D eigenvalue weighted by molar-refractivity contribution is 5.30. The number of benzene rings is 1. The molecule has 0 aliphatic rings. The first-order valence-corrected chi connectivity index (χ1v) is 7.11. The number of nitrogens with one attached hydrogen (secondary N) is 1. The van der Waals surface area contributed by atoms with Crippen molar-refractivity contribution in [1.29, 1.82) is 0 Å². The predicted octanol–water partition coefficient (Wildman–Crippen LogP) is 4.06. The van der Waals surface area contributed by atoms with Crippen LogP contribution in [0.3, 0.4) is 0 Å². The summed E-state index contributed by atoms with van der Waals surface area (Å²) >= 11 is 0. The summed E-state index contributed by atoms with van der Waals surface area (Å²) in [6.07, 6.45) is 0.968. The number of hydrogen-bond acceptors (Lipinski definition) is 2. The van der Waals surface area contributed by atoms with Crippen molar-refractivity contribution >= 4 is 0 Å². The van der Waals surface area contributed by atoms with Crippen molar-refractivity contribution in [2.75, 3.05) is 14.2 Å². The molecule has 0 amide bonds. The van der Waals surface area contributed by atoms with Gasteiger partial charge in [0.15, 0.2) is 0 Å². The monoisotopic (exact) mass is 263 g/mol. The molecule has 0 saturated heterocycles. The molecule has 0 aliphatic carbocycles. The van der Waals surface area contributed by atoms with Gasteiger partial charge in [-0.15, -0.1) is 0 Å². The molecule has 19 heavy (non-hydrogen) atoms. The van der Waals surface area contributed by atoms with Gasteiger partial charge in [-0.05, 0) is 36.9 Å². The normalized spacial score (nSPS) is 17.0. The van der Waals surface area contributed by atoms with Crippen molar-refractivity contribution in [2.24, 2.45) is 0 Å². The lowest BCUT2D eigenvalue weighted by Crippen LogP contribution is -2.41. The van der Waals surface area contributed by atoms with Gasteiger partial charge >= 0.3 is 0 Å². The number of methoxy groups -OCH3 is 1. The van der Waals surface area contributed by atoms with Crippen LogP contribution in [-0.4, -0.2) is 19.8 Å². The van der Waals surface area contributed by atoms with Gasteiger partial charge in [0.2, 0.25) is 0 Å². The molecule has 0 aliphatic heterocycles. The minimum atomic E-state index is -0.183. The van der Waals surface area contributed by atoms with E-state index in [4.69, 9.17) is 4.74 Å².